The van der Waals surface area contributed by atoms with Crippen molar-refractivity contribution in [2.24, 2.45) is 11.8 Å². The third-order valence-electron chi connectivity index (χ3n) is 5.04. The Kier molecular flexibility index (Phi) is 4.33. The molecule has 0 radical (unpaired) electrons. The predicted molar refractivity (Wildman–Crippen MR) is 94.3 cm³/mol. The third kappa shape index (κ3) is 3.46. The van der Waals surface area contributed by atoms with E-state index in [1.165, 1.54) is 11.3 Å². The van der Waals surface area contributed by atoms with Gasteiger partial charge in [0.15, 0.2) is 5.13 Å². The van der Waals surface area contributed by atoms with Gasteiger partial charge in [-0.1, -0.05) is 0 Å². The monoisotopic (exact) mass is 359 g/mol. The lowest BCUT2D eigenvalue weighted by atomic mass is 9.95. The van der Waals surface area contributed by atoms with Crippen LogP contribution in [-0.4, -0.2) is 34.8 Å². The maximum Gasteiger partial charge on any atom is 0.229 e. The van der Waals surface area contributed by atoms with Crippen LogP contribution in [0, 0.1) is 18.8 Å². The lowest BCUT2D eigenvalue weighted by molar-refractivity contribution is -0.135. The van der Waals surface area contributed by atoms with E-state index in [0.717, 1.165) is 17.9 Å². The van der Waals surface area contributed by atoms with Gasteiger partial charge in [-0.05, 0) is 38.3 Å². The molecule has 1 N–H and O–H groups in total. The zero-order valence-corrected chi connectivity index (χ0v) is 14.9. The van der Waals surface area contributed by atoms with Crippen LogP contribution in [0.1, 0.15) is 36.6 Å². The molecule has 25 heavy (non-hydrogen) atoms. The van der Waals surface area contributed by atoms with E-state index in [1.807, 2.05) is 29.3 Å². The van der Waals surface area contributed by atoms with E-state index in [2.05, 4.69) is 10.3 Å². The summed E-state index contributed by atoms with van der Waals surface area (Å²) in [5, 5.41) is 5.46. The molecule has 1 saturated heterocycles. The largest absolute Gasteiger partial charge is 0.469 e. The van der Waals surface area contributed by atoms with E-state index in [4.69, 9.17) is 4.42 Å². The number of furan rings is 1. The summed E-state index contributed by atoms with van der Waals surface area (Å²) in [5.74, 6) is 1.36. The van der Waals surface area contributed by atoms with Crippen molar-refractivity contribution in [3.63, 3.8) is 0 Å². The molecule has 2 atom stereocenters. The molecule has 1 aliphatic heterocycles. The molecule has 1 saturated carbocycles. The van der Waals surface area contributed by atoms with Crippen molar-refractivity contribution in [2.75, 3.05) is 18.4 Å². The van der Waals surface area contributed by atoms with Gasteiger partial charge in [0.1, 0.15) is 5.76 Å². The normalized spacial score (nSPS) is 23.5. The van der Waals surface area contributed by atoms with Gasteiger partial charge in [0, 0.05) is 36.2 Å². The van der Waals surface area contributed by atoms with Crippen LogP contribution in [0.15, 0.2) is 28.2 Å². The predicted octanol–water partition coefficient (Wildman–Crippen LogP) is 3.03. The number of nitrogens with one attached hydrogen (secondary N) is 1. The topological polar surface area (TPSA) is 75.4 Å². The minimum Gasteiger partial charge on any atom is -0.469 e. The van der Waals surface area contributed by atoms with Gasteiger partial charge in [0.05, 0.1) is 12.0 Å². The van der Waals surface area contributed by atoms with E-state index >= 15 is 0 Å². The Morgan fingerprint density at radius 2 is 2.16 bits per heavy atom. The van der Waals surface area contributed by atoms with Crippen LogP contribution >= 0.6 is 11.3 Å². The second-order valence-electron chi connectivity index (χ2n) is 6.85. The van der Waals surface area contributed by atoms with Gasteiger partial charge in [-0.25, -0.2) is 4.98 Å². The highest BCUT2D eigenvalue weighted by atomic mass is 32.1. The standard InChI is InChI=1S/C18H21N3O3S/c1-11-10-25-18(19-11)20-16(22)12-4-6-21(7-5-12)17(23)14-9-13(14)15-3-2-8-24-15/h2-3,8,10,12-14H,4-7,9H2,1H3,(H,19,20,22)/t13-,14+/m0/s1. The van der Waals surface area contributed by atoms with E-state index in [-0.39, 0.29) is 29.6 Å². The Morgan fingerprint density at radius 1 is 1.36 bits per heavy atom. The summed E-state index contributed by atoms with van der Waals surface area (Å²) in [7, 11) is 0. The number of likely N-dealkylation sites (tertiary alicyclic amines) is 1. The van der Waals surface area contributed by atoms with Gasteiger partial charge in [-0.3, -0.25) is 9.59 Å². The molecule has 1 aliphatic carbocycles. The van der Waals surface area contributed by atoms with Crippen molar-refractivity contribution in [2.45, 2.75) is 32.1 Å². The molecule has 6 nitrogen and oxygen atoms in total. The molecule has 0 unspecified atom stereocenters. The zero-order chi connectivity index (χ0) is 17.4. The number of hydrogen-bond donors (Lipinski definition) is 1. The number of rotatable bonds is 4. The lowest BCUT2D eigenvalue weighted by Gasteiger charge is -2.31. The Bertz CT molecular complexity index is 762. The summed E-state index contributed by atoms with van der Waals surface area (Å²) < 4.78 is 5.40. The Labute approximate surface area is 150 Å². The molecule has 2 aromatic rings. The number of aromatic nitrogens is 1. The number of nitrogens with zero attached hydrogens (tertiary/aromatic N) is 2. The maximum atomic E-state index is 12.6. The molecule has 2 fully saturated rings. The molecular weight excluding hydrogens is 338 g/mol. The first-order chi connectivity index (χ1) is 12.1. The lowest BCUT2D eigenvalue weighted by Crippen LogP contribution is -2.42. The zero-order valence-electron chi connectivity index (χ0n) is 14.1. The second kappa shape index (κ2) is 6.63. The summed E-state index contributed by atoms with van der Waals surface area (Å²) >= 11 is 1.44. The fourth-order valence-electron chi connectivity index (χ4n) is 3.50. The summed E-state index contributed by atoms with van der Waals surface area (Å²) in [4.78, 5) is 31.1. The van der Waals surface area contributed by atoms with E-state index < -0.39 is 0 Å². The second-order valence-corrected chi connectivity index (χ2v) is 7.71. The SMILES string of the molecule is Cc1csc(NC(=O)C2CCN(C(=O)[C@@H]3C[C@@H]3c3ccco3)CC2)n1. The number of hydrogen-bond acceptors (Lipinski definition) is 5. The average Bonchev–Trinajstić information content (AvgIpc) is 3.02. The molecule has 4 rings (SSSR count). The van der Waals surface area contributed by atoms with Crippen molar-refractivity contribution in [3.8, 4) is 0 Å². The van der Waals surface area contributed by atoms with Crippen LogP contribution in [0.4, 0.5) is 5.13 Å². The fraction of sp³-hybridized carbons (Fsp3) is 0.500. The number of anilines is 1. The summed E-state index contributed by atoms with van der Waals surface area (Å²) in [5.41, 5.74) is 0.913. The van der Waals surface area contributed by atoms with Gasteiger partial charge >= 0.3 is 0 Å². The van der Waals surface area contributed by atoms with Gasteiger partial charge in [-0.15, -0.1) is 11.3 Å². The van der Waals surface area contributed by atoms with Crippen molar-refractivity contribution < 1.29 is 14.0 Å². The highest BCUT2D eigenvalue weighted by Gasteiger charge is 2.48. The minimum atomic E-state index is -0.0478. The number of piperidine rings is 1. The first-order valence-corrected chi connectivity index (χ1v) is 9.55. The van der Waals surface area contributed by atoms with Gasteiger partial charge < -0.3 is 14.6 Å². The molecule has 2 aliphatic rings. The van der Waals surface area contributed by atoms with Crippen LogP contribution in [0.5, 0.6) is 0 Å². The van der Waals surface area contributed by atoms with E-state index in [9.17, 15) is 9.59 Å². The highest BCUT2D eigenvalue weighted by molar-refractivity contribution is 7.13. The Hall–Kier alpha value is -2.15. The van der Waals surface area contributed by atoms with E-state index in [0.29, 0.717) is 31.1 Å². The number of aryl methyl sites for hydroxylation is 1. The van der Waals surface area contributed by atoms with Gasteiger partial charge in [0.2, 0.25) is 11.8 Å². The van der Waals surface area contributed by atoms with Crippen LogP contribution in [0.2, 0.25) is 0 Å². The minimum absolute atomic E-state index is 0.0151. The third-order valence-corrected chi connectivity index (χ3v) is 5.92. The number of thiazole rings is 1. The van der Waals surface area contributed by atoms with Gasteiger partial charge in [0.25, 0.3) is 0 Å². The van der Waals surface area contributed by atoms with Crippen molar-refractivity contribution in [1.82, 2.24) is 9.88 Å². The van der Waals surface area contributed by atoms with Crippen LogP contribution in [0.3, 0.4) is 0 Å². The molecular formula is C18H21N3O3S. The molecule has 7 heteroatoms. The quantitative estimate of drug-likeness (QED) is 0.910. The molecule has 0 bridgehead atoms. The Balaban J connectivity index is 1.27. The highest BCUT2D eigenvalue weighted by Crippen LogP contribution is 2.48. The molecule has 132 valence electrons. The smallest absolute Gasteiger partial charge is 0.229 e. The first-order valence-electron chi connectivity index (χ1n) is 8.67. The van der Waals surface area contributed by atoms with Crippen molar-refractivity contribution in [3.05, 3.63) is 35.2 Å². The maximum absolute atomic E-state index is 12.6. The summed E-state index contributed by atoms with van der Waals surface area (Å²) in [6, 6.07) is 3.80. The number of carbonyl (C=O) groups excluding carboxylic acids is 2. The average molecular weight is 359 g/mol. The molecule has 2 amide bonds. The number of carbonyl (C=O) groups is 2. The van der Waals surface area contributed by atoms with E-state index in [1.54, 1.807) is 6.26 Å². The first kappa shape index (κ1) is 16.3. The Morgan fingerprint density at radius 3 is 2.80 bits per heavy atom. The molecule has 0 spiro atoms. The molecule has 2 aromatic heterocycles. The summed E-state index contributed by atoms with van der Waals surface area (Å²) in [6.45, 7) is 3.20. The van der Waals surface area contributed by atoms with Gasteiger partial charge in [-0.2, -0.15) is 0 Å². The fourth-order valence-corrected chi connectivity index (χ4v) is 4.19. The van der Waals surface area contributed by atoms with Crippen LogP contribution in [0.25, 0.3) is 0 Å². The molecule has 0 aromatic carbocycles. The summed E-state index contributed by atoms with van der Waals surface area (Å²) in [6.07, 6.45) is 3.94. The number of amides is 2. The van der Waals surface area contributed by atoms with Crippen molar-refractivity contribution in [1.29, 1.82) is 0 Å². The van der Waals surface area contributed by atoms with Crippen molar-refractivity contribution >= 4 is 28.3 Å². The van der Waals surface area contributed by atoms with Crippen LogP contribution < -0.4 is 5.32 Å². The van der Waals surface area contributed by atoms with Crippen LogP contribution in [-0.2, 0) is 9.59 Å². The molecule has 3 heterocycles.